The average molecular weight is 198 g/mol. The summed E-state index contributed by atoms with van der Waals surface area (Å²) in [5.74, 6) is 0. The summed E-state index contributed by atoms with van der Waals surface area (Å²) in [6, 6.07) is 0. The Balaban J connectivity index is 2.94. The Labute approximate surface area is 85.1 Å². The van der Waals surface area contributed by atoms with Gasteiger partial charge in [0, 0.05) is 18.5 Å². The Hall–Kier alpha value is -0.440. The maximum absolute atomic E-state index is 4.44. The van der Waals surface area contributed by atoms with Gasteiger partial charge in [-0.15, -0.1) is 0 Å². The number of hydrogen-bond donors (Lipinski definition) is 0. The van der Waals surface area contributed by atoms with Crippen LogP contribution >= 0.6 is 11.8 Å². The first-order valence-electron chi connectivity index (χ1n) is 4.71. The van der Waals surface area contributed by atoms with E-state index in [4.69, 9.17) is 0 Å². The van der Waals surface area contributed by atoms with E-state index in [1.54, 1.807) is 11.8 Å². The Morgan fingerprint density at radius 1 is 1.54 bits per heavy atom. The van der Waals surface area contributed by atoms with Gasteiger partial charge in [0.2, 0.25) is 0 Å². The zero-order valence-electron chi connectivity index (χ0n) is 8.92. The smallest absolute Gasteiger partial charge is 0.164 e. The topological polar surface area (TPSA) is 15.6 Å². The third-order valence-corrected chi connectivity index (χ3v) is 4.10. The molecule has 1 unspecified atom stereocenters. The van der Waals surface area contributed by atoms with Gasteiger partial charge < -0.3 is 4.90 Å². The average Bonchev–Trinajstić information content (AvgIpc) is 2.32. The van der Waals surface area contributed by atoms with E-state index in [9.17, 15) is 0 Å². The molecule has 0 amide bonds. The van der Waals surface area contributed by atoms with Crippen molar-refractivity contribution in [1.82, 2.24) is 4.90 Å². The molecule has 1 saturated heterocycles. The van der Waals surface area contributed by atoms with Gasteiger partial charge in [0.1, 0.15) is 0 Å². The molecule has 1 atom stereocenters. The molecule has 0 radical (unpaired) electrons. The fourth-order valence-electron chi connectivity index (χ4n) is 1.39. The Bertz CT molecular complexity index is 247. The molecule has 1 heterocycles. The van der Waals surface area contributed by atoms with Gasteiger partial charge in [-0.2, -0.15) is 0 Å². The normalized spacial score (nSPS) is 31.8. The highest BCUT2D eigenvalue weighted by atomic mass is 32.2. The van der Waals surface area contributed by atoms with Crippen LogP contribution in [0.2, 0.25) is 0 Å². The summed E-state index contributed by atoms with van der Waals surface area (Å²) in [5.41, 5.74) is 0.0959. The summed E-state index contributed by atoms with van der Waals surface area (Å²) in [6.07, 6.45) is 1.08. The lowest BCUT2D eigenvalue weighted by molar-refractivity contribution is 0.292. The first kappa shape index (κ1) is 10.6. The van der Waals surface area contributed by atoms with Crippen LogP contribution in [-0.2, 0) is 0 Å². The van der Waals surface area contributed by atoms with Crippen molar-refractivity contribution in [3.8, 4) is 0 Å². The van der Waals surface area contributed by atoms with Crippen molar-refractivity contribution in [1.29, 1.82) is 0 Å². The maximum Gasteiger partial charge on any atom is 0.164 e. The monoisotopic (exact) mass is 198 g/mol. The maximum atomic E-state index is 4.44. The van der Waals surface area contributed by atoms with Gasteiger partial charge in [-0.3, -0.25) is 4.99 Å². The quantitative estimate of drug-likeness (QED) is 0.678. The van der Waals surface area contributed by atoms with Gasteiger partial charge in [0.15, 0.2) is 5.17 Å². The highest BCUT2D eigenvalue weighted by Crippen LogP contribution is 2.42. The van der Waals surface area contributed by atoms with Crippen molar-refractivity contribution in [3.63, 3.8) is 0 Å². The minimum Gasteiger partial charge on any atom is -0.344 e. The van der Waals surface area contributed by atoms with Crippen molar-refractivity contribution >= 4 is 16.9 Å². The number of aliphatic imine (C=N–C) groups is 1. The number of nitrogens with zero attached hydrogens (tertiary/aromatic N) is 2. The second-order valence-corrected chi connectivity index (χ2v) is 4.53. The van der Waals surface area contributed by atoms with E-state index in [0.29, 0.717) is 0 Å². The first-order chi connectivity index (χ1) is 6.06. The van der Waals surface area contributed by atoms with Gasteiger partial charge in [-0.05, 0) is 20.3 Å². The zero-order valence-corrected chi connectivity index (χ0v) is 9.74. The summed E-state index contributed by atoms with van der Waals surface area (Å²) in [7, 11) is 2.10. The van der Waals surface area contributed by atoms with Crippen molar-refractivity contribution in [2.24, 2.45) is 4.99 Å². The Morgan fingerprint density at radius 3 is 2.54 bits per heavy atom. The van der Waals surface area contributed by atoms with E-state index in [-0.39, 0.29) is 5.54 Å². The molecule has 1 aliphatic rings. The predicted octanol–water partition coefficient (Wildman–Crippen LogP) is 2.72. The standard InChI is InChI=1S/C10H18N2S/c1-6-10(4)8(3)13-9(11-7-2)12(10)5/h3,6-7H2,1-2,4-5H3. The molecule has 0 N–H and O–H groups in total. The molecule has 1 rings (SSSR count). The van der Waals surface area contributed by atoms with E-state index >= 15 is 0 Å². The summed E-state index contributed by atoms with van der Waals surface area (Å²) in [4.78, 5) is 7.90. The summed E-state index contributed by atoms with van der Waals surface area (Å²) in [5, 5.41) is 1.11. The number of likely N-dealkylation sites (N-methyl/N-ethyl adjacent to an activating group) is 1. The van der Waals surface area contributed by atoms with Crippen LogP contribution < -0.4 is 0 Å². The highest BCUT2D eigenvalue weighted by Gasteiger charge is 2.40. The van der Waals surface area contributed by atoms with E-state index in [2.05, 4.69) is 44.3 Å². The van der Waals surface area contributed by atoms with E-state index in [1.807, 2.05) is 0 Å². The van der Waals surface area contributed by atoms with Crippen LogP contribution in [0.15, 0.2) is 16.5 Å². The summed E-state index contributed by atoms with van der Waals surface area (Å²) < 4.78 is 0. The largest absolute Gasteiger partial charge is 0.344 e. The van der Waals surface area contributed by atoms with Crippen LogP contribution in [0.5, 0.6) is 0 Å². The van der Waals surface area contributed by atoms with Crippen molar-refractivity contribution < 1.29 is 0 Å². The molecule has 0 aromatic carbocycles. The molecule has 0 aromatic heterocycles. The van der Waals surface area contributed by atoms with Crippen molar-refractivity contribution in [3.05, 3.63) is 11.5 Å². The summed E-state index contributed by atoms with van der Waals surface area (Å²) >= 11 is 1.71. The first-order valence-corrected chi connectivity index (χ1v) is 5.53. The molecular weight excluding hydrogens is 180 g/mol. The molecule has 1 fully saturated rings. The lowest BCUT2D eigenvalue weighted by Gasteiger charge is -2.32. The van der Waals surface area contributed by atoms with Crippen LogP contribution in [0.25, 0.3) is 0 Å². The van der Waals surface area contributed by atoms with Crippen LogP contribution in [-0.4, -0.2) is 29.2 Å². The third-order valence-electron chi connectivity index (χ3n) is 2.82. The molecule has 2 nitrogen and oxygen atoms in total. The lowest BCUT2D eigenvalue weighted by Crippen LogP contribution is -2.40. The molecule has 0 bridgehead atoms. The zero-order chi connectivity index (χ0) is 10.1. The van der Waals surface area contributed by atoms with E-state index < -0.39 is 0 Å². The van der Waals surface area contributed by atoms with Gasteiger partial charge >= 0.3 is 0 Å². The molecule has 3 heteroatoms. The highest BCUT2D eigenvalue weighted by molar-refractivity contribution is 8.17. The fraction of sp³-hybridized carbons (Fsp3) is 0.700. The number of amidine groups is 1. The SMILES string of the molecule is C=C1SC(=NCC)N(C)C1(C)CC. The molecular formula is C10H18N2S. The molecule has 13 heavy (non-hydrogen) atoms. The van der Waals surface area contributed by atoms with E-state index in [1.165, 1.54) is 4.91 Å². The molecule has 0 spiro atoms. The number of thioether (sulfide) groups is 1. The third kappa shape index (κ3) is 1.62. The van der Waals surface area contributed by atoms with Gasteiger partial charge in [0.05, 0.1) is 5.54 Å². The van der Waals surface area contributed by atoms with Crippen LogP contribution in [0.1, 0.15) is 27.2 Å². The number of hydrogen-bond acceptors (Lipinski definition) is 2. The summed E-state index contributed by atoms with van der Waals surface area (Å²) in [6.45, 7) is 11.4. The molecule has 0 aliphatic carbocycles. The fourth-order valence-corrected chi connectivity index (χ4v) is 2.65. The molecule has 1 aliphatic heterocycles. The second-order valence-electron chi connectivity index (χ2n) is 3.47. The van der Waals surface area contributed by atoms with Gasteiger partial charge in [0.25, 0.3) is 0 Å². The second kappa shape index (κ2) is 3.74. The molecule has 74 valence electrons. The van der Waals surface area contributed by atoms with Crippen molar-refractivity contribution in [2.45, 2.75) is 32.7 Å². The predicted molar refractivity (Wildman–Crippen MR) is 61.2 cm³/mol. The Kier molecular flexibility index (Phi) is 3.06. The lowest BCUT2D eigenvalue weighted by atomic mass is 9.98. The molecule has 0 saturated carbocycles. The number of rotatable bonds is 2. The van der Waals surface area contributed by atoms with Crippen LogP contribution in [0.3, 0.4) is 0 Å². The minimum absolute atomic E-state index is 0.0959. The van der Waals surface area contributed by atoms with Crippen LogP contribution in [0.4, 0.5) is 0 Å². The van der Waals surface area contributed by atoms with Crippen LogP contribution in [0, 0.1) is 0 Å². The van der Waals surface area contributed by atoms with Gasteiger partial charge in [-0.25, -0.2) is 0 Å². The molecule has 0 aromatic rings. The van der Waals surface area contributed by atoms with Crippen molar-refractivity contribution in [2.75, 3.05) is 13.6 Å². The van der Waals surface area contributed by atoms with E-state index in [0.717, 1.165) is 18.1 Å². The van der Waals surface area contributed by atoms with Gasteiger partial charge in [-0.1, -0.05) is 25.3 Å². The Morgan fingerprint density at radius 2 is 2.15 bits per heavy atom. The minimum atomic E-state index is 0.0959.